The number of rotatable bonds is 2. The summed E-state index contributed by atoms with van der Waals surface area (Å²) in [5.74, 6) is -5.69. The number of thiophene rings is 3. The Morgan fingerprint density at radius 2 is 0.905 bits per heavy atom. The van der Waals surface area contributed by atoms with Crippen molar-refractivity contribution in [2.45, 2.75) is 75.0 Å². The van der Waals surface area contributed by atoms with Crippen LogP contribution in [0.4, 0.5) is 17.6 Å². The van der Waals surface area contributed by atoms with Crippen LogP contribution in [0.25, 0.3) is 52.9 Å². The highest BCUT2D eigenvalue weighted by Gasteiger charge is 2.55. The number of carbonyl (C=O) groups is 4. The fourth-order valence-electron chi connectivity index (χ4n) is 12.0. The predicted molar refractivity (Wildman–Crippen MR) is 241 cm³/mol. The van der Waals surface area contributed by atoms with E-state index in [1.54, 1.807) is 28.7 Å². The lowest BCUT2D eigenvalue weighted by molar-refractivity contribution is 0.0974. The van der Waals surface area contributed by atoms with Crippen LogP contribution in [-0.2, 0) is 10.8 Å². The van der Waals surface area contributed by atoms with Crippen LogP contribution in [0.15, 0.2) is 77.4 Å². The van der Waals surface area contributed by atoms with Crippen molar-refractivity contribution >= 4 is 100 Å². The maximum absolute atomic E-state index is 14.2. The highest BCUT2D eigenvalue weighted by atomic mass is 32.1. The van der Waals surface area contributed by atoms with E-state index in [9.17, 15) is 36.7 Å². The van der Waals surface area contributed by atoms with Crippen molar-refractivity contribution in [2.75, 3.05) is 0 Å². The van der Waals surface area contributed by atoms with E-state index in [0.29, 0.717) is 21.5 Å². The molecule has 4 aromatic carbocycles. The van der Waals surface area contributed by atoms with Gasteiger partial charge in [-0.05, 0) is 137 Å². The van der Waals surface area contributed by atoms with Crippen LogP contribution in [0, 0.1) is 23.3 Å². The fraction of sp³-hybridized carbons (Fsp3) is 0.231. The molecule has 4 nitrogen and oxygen atoms in total. The van der Waals surface area contributed by atoms with Crippen molar-refractivity contribution in [3.63, 3.8) is 0 Å². The summed E-state index contributed by atoms with van der Waals surface area (Å²) in [5.41, 5.74) is 5.43. The molecule has 0 bridgehead atoms. The number of carbonyl (C=O) groups excluding carboxylic acids is 4. The summed E-state index contributed by atoms with van der Waals surface area (Å²) < 4.78 is 58.9. The average Bonchev–Trinajstić information content (AvgIpc) is 4.11. The van der Waals surface area contributed by atoms with Crippen LogP contribution >= 0.6 is 34.0 Å². The number of fused-ring (bicyclic) bond motifs is 14. The molecular formula is C52H32F4O4S3. The van der Waals surface area contributed by atoms with Gasteiger partial charge in [0.25, 0.3) is 0 Å². The monoisotopic (exact) mass is 892 g/mol. The summed E-state index contributed by atoms with van der Waals surface area (Å²) in [5, 5.41) is 1.43. The summed E-state index contributed by atoms with van der Waals surface area (Å²) in [4.78, 5) is 60.2. The first-order valence-corrected chi connectivity index (χ1v) is 23.8. The zero-order valence-electron chi connectivity index (χ0n) is 33.4. The molecular weight excluding hydrogens is 861 g/mol. The Labute approximate surface area is 369 Å². The molecule has 0 unspecified atom stereocenters. The molecule has 310 valence electrons. The van der Waals surface area contributed by atoms with E-state index in [2.05, 4.69) is 12.1 Å². The zero-order valence-corrected chi connectivity index (χ0v) is 35.8. The van der Waals surface area contributed by atoms with Gasteiger partial charge in [-0.25, -0.2) is 17.6 Å². The van der Waals surface area contributed by atoms with Crippen LogP contribution in [0.2, 0.25) is 0 Å². The van der Waals surface area contributed by atoms with Gasteiger partial charge in [0.2, 0.25) is 0 Å². The highest BCUT2D eigenvalue weighted by molar-refractivity contribution is 7.32. The molecule has 0 saturated heterocycles. The van der Waals surface area contributed by atoms with Gasteiger partial charge in [-0.2, -0.15) is 0 Å². The Morgan fingerprint density at radius 1 is 0.460 bits per heavy atom. The standard InChI is InChI=1S/C52H32F4O4S3/c53-35-15-23-11-29-30(12-24(23)16-36(35)54)45(58)33(44(29)57)19-27-20-39-41(51(27)7-3-1-4-8-51)42-49(62-39)50-43(52(42)9-5-2-6-10-52)48-40(63-50)22-28(61-48)21-34-46(59)31-13-25-17-37(55)38(56)18-26(25)14-32(31)47(34)60/h11-22H,1-10H2. The molecule has 11 heteroatoms. The molecule has 3 aromatic heterocycles. The minimum absolute atomic E-state index is 0.0430. The van der Waals surface area contributed by atoms with Gasteiger partial charge in [0.15, 0.2) is 46.4 Å². The second-order valence-electron chi connectivity index (χ2n) is 18.0. The van der Waals surface area contributed by atoms with E-state index in [4.69, 9.17) is 0 Å². The fourth-order valence-corrected chi connectivity index (χ4v) is 16.4. The van der Waals surface area contributed by atoms with Crippen LogP contribution in [-0.4, -0.2) is 23.1 Å². The normalized spacial score (nSPS) is 19.2. The van der Waals surface area contributed by atoms with Gasteiger partial charge in [0.05, 0.1) is 20.7 Å². The lowest BCUT2D eigenvalue weighted by Crippen LogP contribution is -2.35. The minimum Gasteiger partial charge on any atom is -0.288 e. The first-order chi connectivity index (χ1) is 30.4. The lowest BCUT2D eigenvalue weighted by Gasteiger charge is -2.42. The number of ketones is 4. The van der Waals surface area contributed by atoms with Crippen molar-refractivity contribution in [1.29, 1.82) is 0 Å². The lowest BCUT2D eigenvalue weighted by atomic mass is 9.61. The van der Waals surface area contributed by atoms with Gasteiger partial charge in [-0.15, -0.1) is 34.0 Å². The molecule has 13 rings (SSSR count). The van der Waals surface area contributed by atoms with Gasteiger partial charge >= 0.3 is 0 Å². The number of Topliss-reactive ketones (excluding diaryl/α,β-unsaturated/α-hetero) is 4. The summed E-state index contributed by atoms with van der Waals surface area (Å²) in [6.45, 7) is 0. The third kappa shape index (κ3) is 5.01. The molecule has 2 saturated carbocycles. The summed E-state index contributed by atoms with van der Waals surface area (Å²) >= 11 is 5.18. The number of benzene rings is 4. The van der Waals surface area contributed by atoms with Crippen molar-refractivity contribution < 1.29 is 36.7 Å². The first-order valence-electron chi connectivity index (χ1n) is 21.4. The molecule has 2 spiro atoms. The SMILES string of the molecule is O=C1C(=CC2=Cc3sc4c(c3C23CCCCC3)C2(CCCCC2)c2c-4sc3cc(C=C4C(=O)c5cc6cc(F)c(F)cc6cc5C4=O)sc23)C(=O)c2cc3cc(F)c(F)cc3cc21. The van der Waals surface area contributed by atoms with Crippen LogP contribution in [0.5, 0.6) is 0 Å². The Kier molecular flexibility index (Phi) is 7.81. The summed E-state index contributed by atoms with van der Waals surface area (Å²) in [7, 11) is 0. The predicted octanol–water partition coefficient (Wildman–Crippen LogP) is 14.2. The molecule has 0 atom stereocenters. The molecule has 6 aliphatic carbocycles. The number of hydrogen-bond donors (Lipinski definition) is 0. The maximum Gasteiger partial charge on any atom is 0.197 e. The summed E-state index contributed by atoms with van der Waals surface area (Å²) in [6.07, 6.45) is 16.0. The maximum atomic E-state index is 14.2. The quantitative estimate of drug-likeness (QED) is 0.0985. The van der Waals surface area contributed by atoms with Crippen molar-refractivity contribution in [1.82, 2.24) is 0 Å². The first kappa shape index (κ1) is 37.9. The Morgan fingerprint density at radius 3 is 1.40 bits per heavy atom. The van der Waals surface area contributed by atoms with E-state index < -0.39 is 46.4 Å². The number of halogens is 4. The average molecular weight is 893 g/mol. The van der Waals surface area contributed by atoms with E-state index in [1.165, 1.54) is 60.3 Å². The smallest absolute Gasteiger partial charge is 0.197 e. The highest BCUT2D eigenvalue weighted by Crippen LogP contribution is 2.69. The summed E-state index contributed by atoms with van der Waals surface area (Å²) in [6, 6.07) is 12.3. The molecule has 7 aromatic rings. The molecule has 6 aliphatic rings. The third-order valence-electron chi connectivity index (χ3n) is 14.8. The van der Waals surface area contributed by atoms with Crippen molar-refractivity contribution in [3.05, 3.63) is 149 Å². The molecule has 2 fully saturated rings. The van der Waals surface area contributed by atoms with E-state index in [-0.39, 0.29) is 44.2 Å². The number of allylic oxidation sites excluding steroid dienone is 4. The van der Waals surface area contributed by atoms with Crippen LogP contribution in [0.1, 0.15) is 132 Å². The molecule has 0 radical (unpaired) electrons. The molecule has 0 amide bonds. The Balaban J connectivity index is 0.909. The molecule has 0 aliphatic heterocycles. The number of hydrogen-bond acceptors (Lipinski definition) is 7. The van der Waals surface area contributed by atoms with Gasteiger partial charge < -0.3 is 0 Å². The van der Waals surface area contributed by atoms with Crippen LogP contribution in [0.3, 0.4) is 0 Å². The Bertz CT molecular complexity index is 3360. The van der Waals surface area contributed by atoms with Crippen molar-refractivity contribution in [2.24, 2.45) is 0 Å². The van der Waals surface area contributed by atoms with E-state index in [0.717, 1.165) is 104 Å². The molecule has 0 N–H and O–H groups in total. The minimum atomic E-state index is -1.02. The van der Waals surface area contributed by atoms with Crippen LogP contribution < -0.4 is 0 Å². The topological polar surface area (TPSA) is 68.3 Å². The second kappa shape index (κ2) is 13.0. The van der Waals surface area contributed by atoms with E-state index in [1.807, 2.05) is 17.4 Å². The molecule has 3 heterocycles. The van der Waals surface area contributed by atoms with Gasteiger partial charge in [0, 0.05) is 58.0 Å². The molecule has 63 heavy (non-hydrogen) atoms. The largest absolute Gasteiger partial charge is 0.288 e. The van der Waals surface area contributed by atoms with Gasteiger partial charge in [-0.1, -0.05) is 38.5 Å². The van der Waals surface area contributed by atoms with Gasteiger partial charge in [0.1, 0.15) is 0 Å². The van der Waals surface area contributed by atoms with Gasteiger partial charge in [-0.3, -0.25) is 19.2 Å². The second-order valence-corrected chi connectivity index (χ2v) is 21.2. The van der Waals surface area contributed by atoms with E-state index >= 15 is 0 Å². The van der Waals surface area contributed by atoms with Crippen molar-refractivity contribution in [3.8, 4) is 9.75 Å². The zero-order chi connectivity index (χ0) is 42.8. The third-order valence-corrected chi connectivity index (χ3v) is 18.5. The Hall–Kier alpha value is -5.62.